The average Bonchev–Trinajstić information content (AvgIpc) is 3.27. The van der Waals surface area contributed by atoms with E-state index >= 15 is 0 Å². The number of hydrogen-bond acceptors (Lipinski definition) is 3. The summed E-state index contributed by atoms with van der Waals surface area (Å²) >= 11 is 1.93. The SMILES string of the molecule is C=C(CCC1(CCC)Cc2ccccc2[C@H]1N)C1=CC=C=C(SC2CCCC2)C=N1. The molecule has 1 saturated carbocycles. The van der Waals surface area contributed by atoms with Crippen molar-refractivity contribution in [2.75, 3.05) is 0 Å². The predicted octanol–water partition coefficient (Wildman–Crippen LogP) is 7.05. The van der Waals surface area contributed by atoms with Crippen LogP contribution in [0.5, 0.6) is 0 Å². The summed E-state index contributed by atoms with van der Waals surface area (Å²) in [7, 11) is 0. The third-order valence-electron chi connectivity index (χ3n) is 7.01. The first kappa shape index (κ1) is 21.4. The van der Waals surface area contributed by atoms with Crippen molar-refractivity contribution in [3.63, 3.8) is 0 Å². The monoisotopic (exact) mass is 418 g/mol. The van der Waals surface area contributed by atoms with Gasteiger partial charge in [-0.25, -0.2) is 0 Å². The minimum Gasteiger partial charge on any atom is -0.323 e. The number of rotatable bonds is 8. The Labute approximate surface area is 186 Å². The van der Waals surface area contributed by atoms with Crippen molar-refractivity contribution in [1.29, 1.82) is 0 Å². The second-order valence-corrected chi connectivity index (χ2v) is 10.4. The van der Waals surface area contributed by atoms with Crippen LogP contribution in [0.25, 0.3) is 0 Å². The summed E-state index contributed by atoms with van der Waals surface area (Å²) in [4.78, 5) is 5.92. The zero-order chi connectivity index (χ0) is 21.0. The van der Waals surface area contributed by atoms with E-state index in [1.807, 2.05) is 24.1 Å². The van der Waals surface area contributed by atoms with E-state index < -0.39 is 0 Å². The smallest absolute Gasteiger partial charge is 0.0679 e. The number of benzene rings is 1. The van der Waals surface area contributed by atoms with E-state index in [4.69, 9.17) is 10.7 Å². The van der Waals surface area contributed by atoms with E-state index in [1.54, 1.807) is 0 Å². The van der Waals surface area contributed by atoms with Crippen molar-refractivity contribution in [3.05, 3.63) is 76.0 Å². The molecule has 1 aromatic carbocycles. The molecule has 1 fully saturated rings. The summed E-state index contributed by atoms with van der Waals surface area (Å²) in [6.07, 6.45) is 16.8. The molecule has 3 aliphatic rings. The van der Waals surface area contributed by atoms with E-state index in [2.05, 4.69) is 49.6 Å². The van der Waals surface area contributed by atoms with E-state index in [9.17, 15) is 0 Å². The first-order valence-electron chi connectivity index (χ1n) is 11.5. The molecule has 0 saturated heterocycles. The maximum atomic E-state index is 6.80. The lowest BCUT2D eigenvalue weighted by atomic mass is 9.73. The van der Waals surface area contributed by atoms with Crippen molar-refractivity contribution in [1.82, 2.24) is 0 Å². The van der Waals surface area contributed by atoms with Gasteiger partial charge in [0.25, 0.3) is 0 Å². The number of fused-ring (bicyclic) bond motifs is 1. The van der Waals surface area contributed by atoms with Crippen molar-refractivity contribution in [2.45, 2.75) is 76.0 Å². The second kappa shape index (κ2) is 9.56. The Kier molecular flexibility index (Phi) is 6.83. The molecule has 1 aliphatic heterocycles. The fraction of sp³-hybridized carbons (Fsp3) is 0.481. The van der Waals surface area contributed by atoms with Gasteiger partial charge in [-0.05, 0) is 72.8 Å². The van der Waals surface area contributed by atoms with E-state index in [0.29, 0.717) is 0 Å². The van der Waals surface area contributed by atoms with Crippen LogP contribution in [0.2, 0.25) is 0 Å². The fourth-order valence-corrected chi connectivity index (χ4v) is 6.50. The van der Waals surface area contributed by atoms with Gasteiger partial charge in [-0.2, -0.15) is 0 Å². The molecule has 1 aromatic rings. The summed E-state index contributed by atoms with van der Waals surface area (Å²) in [6, 6.07) is 8.83. The van der Waals surface area contributed by atoms with Crippen LogP contribution in [0.15, 0.2) is 69.9 Å². The van der Waals surface area contributed by atoms with Gasteiger partial charge in [0.1, 0.15) is 0 Å². The van der Waals surface area contributed by atoms with Crippen LogP contribution in [-0.2, 0) is 6.42 Å². The molecule has 2 aliphatic carbocycles. The quantitative estimate of drug-likeness (QED) is 0.459. The van der Waals surface area contributed by atoms with E-state index in [1.165, 1.54) is 36.8 Å². The van der Waals surface area contributed by atoms with Crippen LogP contribution in [0.4, 0.5) is 0 Å². The highest BCUT2D eigenvalue weighted by atomic mass is 32.2. The number of aliphatic imine (C=N–C) groups is 1. The number of nitrogens with zero attached hydrogens (tertiary/aromatic N) is 1. The van der Waals surface area contributed by atoms with Crippen molar-refractivity contribution < 1.29 is 0 Å². The molecule has 4 rings (SSSR count). The summed E-state index contributed by atoms with van der Waals surface area (Å²) < 4.78 is 0. The summed E-state index contributed by atoms with van der Waals surface area (Å²) in [5.74, 6) is 0. The Morgan fingerprint density at radius 3 is 2.83 bits per heavy atom. The molecule has 1 unspecified atom stereocenters. The van der Waals surface area contributed by atoms with Crippen molar-refractivity contribution >= 4 is 18.0 Å². The summed E-state index contributed by atoms with van der Waals surface area (Å²) in [6.45, 7) is 6.66. The zero-order valence-electron chi connectivity index (χ0n) is 18.2. The molecule has 2 nitrogen and oxygen atoms in total. The van der Waals surface area contributed by atoms with Crippen LogP contribution in [-0.4, -0.2) is 11.5 Å². The molecule has 0 aromatic heterocycles. The lowest BCUT2D eigenvalue weighted by Gasteiger charge is -2.34. The van der Waals surface area contributed by atoms with Gasteiger partial charge in [-0.15, -0.1) is 17.5 Å². The predicted molar refractivity (Wildman–Crippen MR) is 131 cm³/mol. The van der Waals surface area contributed by atoms with Crippen LogP contribution in [0.1, 0.15) is 75.5 Å². The molecule has 0 radical (unpaired) electrons. The number of thioether (sulfide) groups is 1. The Bertz CT molecular complexity index is 913. The van der Waals surface area contributed by atoms with Gasteiger partial charge >= 0.3 is 0 Å². The highest BCUT2D eigenvalue weighted by Gasteiger charge is 2.42. The number of nitrogens with two attached hydrogens (primary N) is 1. The van der Waals surface area contributed by atoms with Crippen molar-refractivity contribution in [3.8, 4) is 0 Å². The Balaban J connectivity index is 1.39. The molecule has 1 heterocycles. The molecule has 158 valence electrons. The van der Waals surface area contributed by atoms with Crippen LogP contribution in [0, 0.1) is 5.41 Å². The van der Waals surface area contributed by atoms with Crippen LogP contribution < -0.4 is 5.73 Å². The first-order valence-corrected chi connectivity index (χ1v) is 12.4. The van der Waals surface area contributed by atoms with Crippen molar-refractivity contribution in [2.24, 2.45) is 16.1 Å². The lowest BCUT2D eigenvalue weighted by molar-refractivity contribution is 0.203. The number of allylic oxidation sites excluding steroid dienone is 3. The molecule has 30 heavy (non-hydrogen) atoms. The molecular weight excluding hydrogens is 384 g/mol. The van der Waals surface area contributed by atoms with Crippen LogP contribution in [0.3, 0.4) is 0 Å². The van der Waals surface area contributed by atoms with Gasteiger partial charge in [0.15, 0.2) is 0 Å². The molecule has 2 N–H and O–H groups in total. The van der Waals surface area contributed by atoms with Gasteiger partial charge in [0.2, 0.25) is 0 Å². The maximum absolute atomic E-state index is 6.80. The molecule has 0 spiro atoms. The van der Waals surface area contributed by atoms with Gasteiger partial charge in [0, 0.05) is 17.5 Å². The Morgan fingerprint density at radius 1 is 1.27 bits per heavy atom. The second-order valence-electron chi connectivity index (χ2n) is 9.08. The molecular formula is C27H34N2S. The summed E-state index contributed by atoms with van der Waals surface area (Å²) in [5.41, 5.74) is 15.2. The largest absolute Gasteiger partial charge is 0.323 e. The van der Waals surface area contributed by atoms with E-state index in [-0.39, 0.29) is 11.5 Å². The normalized spacial score (nSPS) is 25.7. The first-order chi connectivity index (χ1) is 14.6. The van der Waals surface area contributed by atoms with E-state index in [0.717, 1.165) is 53.5 Å². The number of hydrogen-bond donors (Lipinski definition) is 1. The Hall–Kier alpha value is -1.80. The Morgan fingerprint density at radius 2 is 2.07 bits per heavy atom. The standard InChI is InChI=1S/C27H34N2S/c1-3-16-27(18-21-9-4-7-13-24(21)26(27)28)17-15-20(2)25-14-8-12-23(19-29-25)30-22-10-5-6-11-22/h4,7-9,13-14,19,22,26H,2-3,5-6,10-11,15-18,28H2,1H3/t26-,27?/m1/s1. The fourth-order valence-electron chi connectivity index (χ4n) is 5.33. The highest BCUT2D eigenvalue weighted by molar-refractivity contribution is 8.04. The minimum atomic E-state index is 0.115. The molecule has 2 atom stereocenters. The molecule has 3 heteroatoms. The third kappa shape index (κ3) is 4.59. The third-order valence-corrected chi connectivity index (χ3v) is 8.29. The lowest BCUT2D eigenvalue weighted by Crippen LogP contribution is -2.31. The minimum absolute atomic E-state index is 0.115. The van der Waals surface area contributed by atoms with Gasteiger partial charge in [-0.3, -0.25) is 4.99 Å². The summed E-state index contributed by atoms with van der Waals surface area (Å²) in [5, 5.41) is 0.733. The molecule has 0 bridgehead atoms. The zero-order valence-corrected chi connectivity index (χ0v) is 19.0. The van der Waals surface area contributed by atoms with Gasteiger partial charge in [0.05, 0.1) is 10.6 Å². The topological polar surface area (TPSA) is 38.4 Å². The highest BCUT2D eigenvalue weighted by Crippen LogP contribution is 2.50. The maximum Gasteiger partial charge on any atom is 0.0679 e. The van der Waals surface area contributed by atoms with Gasteiger partial charge < -0.3 is 5.73 Å². The average molecular weight is 419 g/mol. The van der Waals surface area contributed by atoms with Crippen LogP contribution >= 0.6 is 11.8 Å². The molecule has 0 amide bonds. The van der Waals surface area contributed by atoms with Gasteiger partial charge in [-0.1, -0.05) is 57.0 Å².